The van der Waals surface area contributed by atoms with Crippen molar-refractivity contribution in [2.45, 2.75) is 12.5 Å². The Balaban J connectivity index is 1.47. The molecule has 0 aliphatic rings. The molecule has 4 aromatic heterocycles. The van der Waals surface area contributed by atoms with Crippen molar-refractivity contribution in [1.82, 2.24) is 9.55 Å². The summed E-state index contributed by atoms with van der Waals surface area (Å²) in [6.45, 7) is 0. The third kappa shape index (κ3) is 3.73. The van der Waals surface area contributed by atoms with E-state index in [1.54, 1.807) is 22.7 Å². The Morgan fingerprint density at radius 2 is 2.00 bits per heavy atom. The second-order valence-electron chi connectivity index (χ2n) is 5.47. The van der Waals surface area contributed by atoms with Gasteiger partial charge in [0.2, 0.25) is 5.91 Å². The van der Waals surface area contributed by atoms with Crippen molar-refractivity contribution in [3.05, 3.63) is 69.8 Å². The number of amides is 1. The molecular weight excluding hydrogens is 370 g/mol. The molecule has 1 N–H and O–H groups in total. The molecule has 25 heavy (non-hydrogen) atoms. The standard InChI is InChI=1S/C18H15N3OS3/c22-17(20-18-19-14(12-25-18)16-4-3-8-24-16)10-15(13-5-9-23-11-13)21-6-1-2-7-21/h1-9,11-12,15H,10H2,(H,19,20,22)/t15-/m1/s1. The maximum atomic E-state index is 12.6. The lowest BCUT2D eigenvalue weighted by atomic mass is 10.1. The van der Waals surface area contributed by atoms with Gasteiger partial charge in [-0.3, -0.25) is 4.79 Å². The van der Waals surface area contributed by atoms with Gasteiger partial charge in [-0.25, -0.2) is 4.98 Å². The molecule has 4 heterocycles. The maximum Gasteiger partial charge on any atom is 0.228 e. The van der Waals surface area contributed by atoms with E-state index in [9.17, 15) is 4.79 Å². The van der Waals surface area contributed by atoms with Gasteiger partial charge in [0.15, 0.2) is 5.13 Å². The normalized spacial score (nSPS) is 12.2. The maximum absolute atomic E-state index is 12.6. The van der Waals surface area contributed by atoms with Crippen molar-refractivity contribution in [3.8, 4) is 10.6 Å². The summed E-state index contributed by atoms with van der Waals surface area (Å²) in [5.74, 6) is -0.0306. The molecule has 0 aromatic carbocycles. The molecule has 1 atom stereocenters. The van der Waals surface area contributed by atoms with Crippen molar-refractivity contribution in [1.29, 1.82) is 0 Å². The van der Waals surface area contributed by atoms with Gasteiger partial charge in [-0.15, -0.1) is 22.7 Å². The molecule has 0 spiro atoms. The van der Waals surface area contributed by atoms with Crippen LogP contribution in [-0.4, -0.2) is 15.5 Å². The van der Waals surface area contributed by atoms with Gasteiger partial charge >= 0.3 is 0 Å². The van der Waals surface area contributed by atoms with Gasteiger partial charge in [0.25, 0.3) is 0 Å². The second kappa shape index (κ2) is 7.35. The molecule has 7 heteroatoms. The summed E-state index contributed by atoms with van der Waals surface area (Å²) in [6, 6.07) is 10.1. The van der Waals surface area contributed by atoms with Gasteiger partial charge in [0.05, 0.1) is 23.0 Å². The minimum Gasteiger partial charge on any atom is -0.346 e. The number of hydrogen-bond acceptors (Lipinski definition) is 5. The number of rotatable bonds is 6. The molecule has 4 nitrogen and oxygen atoms in total. The Morgan fingerprint density at radius 1 is 1.12 bits per heavy atom. The smallest absolute Gasteiger partial charge is 0.228 e. The number of nitrogens with zero attached hydrogens (tertiary/aromatic N) is 2. The van der Waals surface area contributed by atoms with Crippen molar-refractivity contribution in [3.63, 3.8) is 0 Å². The highest BCUT2D eigenvalue weighted by Crippen LogP contribution is 2.29. The SMILES string of the molecule is O=C(C[C@H](c1ccsc1)n1cccc1)Nc1nc(-c2cccs2)cs1. The van der Waals surface area contributed by atoms with Crippen molar-refractivity contribution >= 4 is 45.0 Å². The summed E-state index contributed by atoms with van der Waals surface area (Å²) in [6.07, 6.45) is 4.36. The first-order chi connectivity index (χ1) is 12.3. The lowest BCUT2D eigenvalue weighted by Gasteiger charge is -2.17. The summed E-state index contributed by atoms with van der Waals surface area (Å²) in [5, 5.41) is 11.7. The predicted molar refractivity (Wildman–Crippen MR) is 106 cm³/mol. The summed E-state index contributed by atoms with van der Waals surface area (Å²) < 4.78 is 2.07. The van der Waals surface area contributed by atoms with E-state index in [1.807, 2.05) is 52.8 Å². The van der Waals surface area contributed by atoms with E-state index < -0.39 is 0 Å². The Hall–Kier alpha value is -2.22. The topological polar surface area (TPSA) is 46.9 Å². The summed E-state index contributed by atoms with van der Waals surface area (Å²) in [4.78, 5) is 18.2. The molecule has 0 bridgehead atoms. The number of carbonyl (C=O) groups is 1. The van der Waals surface area contributed by atoms with E-state index >= 15 is 0 Å². The van der Waals surface area contributed by atoms with Crippen LogP contribution in [0, 0.1) is 0 Å². The number of thiazole rings is 1. The zero-order valence-corrected chi connectivity index (χ0v) is 15.6. The van der Waals surface area contributed by atoms with Crippen LogP contribution in [0.1, 0.15) is 18.0 Å². The molecule has 0 radical (unpaired) electrons. The Labute approximate surface area is 157 Å². The fourth-order valence-electron chi connectivity index (χ4n) is 2.63. The zero-order valence-electron chi connectivity index (χ0n) is 13.2. The van der Waals surface area contributed by atoms with Crippen LogP contribution in [-0.2, 0) is 4.79 Å². The molecule has 0 aliphatic heterocycles. The van der Waals surface area contributed by atoms with E-state index in [4.69, 9.17) is 0 Å². The number of hydrogen-bond donors (Lipinski definition) is 1. The first kappa shape index (κ1) is 16.3. The van der Waals surface area contributed by atoms with Crippen molar-refractivity contribution < 1.29 is 4.79 Å². The number of nitrogens with one attached hydrogen (secondary N) is 1. The van der Waals surface area contributed by atoms with Gasteiger partial charge in [0.1, 0.15) is 0 Å². The lowest BCUT2D eigenvalue weighted by Crippen LogP contribution is -2.19. The minimum absolute atomic E-state index is 0.00187. The van der Waals surface area contributed by atoms with E-state index in [-0.39, 0.29) is 11.9 Å². The highest BCUT2D eigenvalue weighted by Gasteiger charge is 2.18. The highest BCUT2D eigenvalue weighted by molar-refractivity contribution is 7.16. The molecule has 4 aromatic rings. The van der Waals surface area contributed by atoms with Crippen LogP contribution in [0.5, 0.6) is 0 Å². The third-order valence-corrected chi connectivity index (χ3v) is 6.17. The van der Waals surface area contributed by atoms with Crippen LogP contribution >= 0.6 is 34.0 Å². The fourth-order valence-corrected chi connectivity index (χ4v) is 4.82. The van der Waals surface area contributed by atoms with E-state index in [0.717, 1.165) is 16.1 Å². The van der Waals surface area contributed by atoms with Crippen LogP contribution in [0.25, 0.3) is 10.6 Å². The number of aromatic nitrogens is 2. The molecule has 4 rings (SSSR count). The summed E-state index contributed by atoms with van der Waals surface area (Å²) >= 11 is 4.75. The molecule has 0 saturated carbocycles. The van der Waals surface area contributed by atoms with E-state index in [1.165, 1.54) is 11.3 Å². The van der Waals surface area contributed by atoms with E-state index in [0.29, 0.717) is 11.6 Å². The van der Waals surface area contributed by atoms with Gasteiger partial charge in [-0.1, -0.05) is 6.07 Å². The van der Waals surface area contributed by atoms with Crippen LogP contribution in [0.2, 0.25) is 0 Å². The number of thiophene rings is 2. The molecular formula is C18H15N3OS3. The average Bonchev–Trinajstić information content (AvgIpc) is 3.42. The molecule has 1 amide bonds. The fraction of sp³-hybridized carbons (Fsp3) is 0.111. The second-order valence-corrected chi connectivity index (χ2v) is 8.06. The van der Waals surface area contributed by atoms with Crippen LogP contribution in [0.4, 0.5) is 5.13 Å². The van der Waals surface area contributed by atoms with Gasteiger partial charge in [-0.2, -0.15) is 11.3 Å². The Bertz CT molecular complexity index is 890. The average molecular weight is 386 g/mol. The number of anilines is 1. The van der Waals surface area contributed by atoms with Crippen LogP contribution < -0.4 is 5.32 Å². The van der Waals surface area contributed by atoms with E-state index in [2.05, 4.69) is 26.3 Å². The minimum atomic E-state index is -0.0306. The molecule has 126 valence electrons. The zero-order chi connectivity index (χ0) is 17.1. The monoisotopic (exact) mass is 385 g/mol. The summed E-state index contributed by atoms with van der Waals surface area (Å²) in [7, 11) is 0. The predicted octanol–water partition coefficient (Wildman–Crippen LogP) is 5.35. The van der Waals surface area contributed by atoms with Crippen LogP contribution in [0.15, 0.2) is 64.2 Å². The van der Waals surface area contributed by atoms with Crippen molar-refractivity contribution in [2.75, 3.05) is 5.32 Å². The third-order valence-electron chi connectivity index (χ3n) is 3.82. The Kier molecular flexibility index (Phi) is 4.78. The van der Waals surface area contributed by atoms with Crippen LogP contribution in [0.3, 0.4) is 0 Å². The molecule has 0 aliphatic carbocycles. The van der Waals surface area contributed by atoms with Gasteiger partial charge < -0.3 is 9.88 Å². The highest BCUT2D eigenvalue weighted by atomic mass is 32.1. The first-order valence-electron chi connectivity index (χ1n) is 7.73. The largest absolute Gasteiger partial charge is 0.346 e. The quantitative estimate of drug-likeness (QED) is 0.486. The molecule has 0 unspecified atom stereocenters. The first-order valence-corrected chi connectivity index (χ1v) is 10.4. The summed E-state index contributed by atoms with van der Waals surface area (Å²) in [5.41, 5.74) is 2.06. The van der Waals surface area contributed by atoms with Gasteiger partial charge in [0, 0.05) is 17.8 Å². The Morgan fingerprint density at radius 3 is 2.72 bits per heavy atom. The molecule has 0 fully saturated rings. The lowest BCUT2D eigenvalue weighted by molar-refractivity contribution is -0.116. The molecule has 0 saturated heterocycles. The van der Waals surface area contributed by atoms with Gasteiger partial charge in [-0.05, 0) is 46.0 Å². The number of carbonyl (C=O) groups excluding carboxylic acids is 1. The van der Waals surface area contributed by atoms with Crippen molar-refractivity contribution in [2.24, 2.45) is 0 Å².